The average molecular weight is 315 g/mol. The zero-order valence-electron chi connectivity index (χ0n) is 13.6. The van der Waals surface area contributed by atoms with E-state index in [4.69, 9.17) is 17.2 Å². The topological polar surface area (TPSA) is 136 Å². The average Bonchev–Trinajstić information content (AvgIpc) is 2.46. The summed E-state index contributed by atoms with van der Waals surface area (Å²) in [5, 5.41) is 5.62. The molecule has 0 aromatic rings. The molecule has 0 atom stereocenters. The van der Waals surface area contributed by atoms with Crippen LogP contribution in [0.4, 0.5) is 0 Å². The maximum atomic E-state index is 11.6. The van der Waals surface area contributed by atoms with E-state index in [9.17, 15) is 9.59 Å². The lowest BCUT2D eigenvalue weighted by atomic mass is 10.1. The molecule has 0 spiro atoms. The Labute approximate surface area is 133 Å². The van der Waals surface area contributed by atoms with Crippen LogP contribution in [0.15, 0.2) is 0 Å². The fourth-order valence-electron chi connectivity index (χ4n) is 2.04. The van der Waals surface area contributed by atoms with Gasteiger partial charge in [0.05, 0.1) is 0 Å². The quantitative estimate of drug-likeness (QED) is 0.277. The predicted molar refractivity (Wildman–Crippen MR) is 89.0 cm³/mol. The third-order valence-corrected chi connectivity index (χ3v) is 3.30. The number of carbonyl (C=O) groups is 2. The summed E-state index contributed by atoms with van der Waals surface area (Å²) >= 11 is 0. The van der Waals surface area contributed by atoms with E-state index in [0.717, 1.165) is 38.5 Å². The van der Waals surface area contributed by atoms with Crippen molar-refractivity contribution in [3.8, 4) is 0 Å². The van der Waals surface area contributed by atoms with Gasteiger partial charge in [0.2, 0.25) is 11.8 Å². The van der Waals surface area contributed by atoms with Crippen molar-refractivity contribution in [3.63, 3.8) is 0 Å². The molecule has 7 nitrogen and oxygen atoms in total. The number of hydrogen-bond acceptors (Lipinski definition) is 5. The number of rotatable bonds is 14. The molecule has 22 heavy (non-hydrogen) atoms. The summed E-state index contributed by atoms with van der Waals surface area (Å²) in [6.45, 7) is 2.64. The SMILES string of the molecule is NCCCCCNC(=O)CC(N)CC(=O)NCCCCCN. The molecule has 0 unspecified atom stereocenters. The van der Waals surface area contributed by atoms with Gasteiger partial charge in [0.1, 0.15) is 0 Å². The van der Waals surface area contributed by atoms with Crippen LogP contribution in [0.3, 0.4) is 0 Å². The zero-order valence-corrected chi connectivity index (χ0v) is 13.6. The van der Waals surface area contributed by atoms with Crippen molar-refractivity contribution < 1.29 is 9.59 Å². The number of nitrogens with one attached hydrogen (secondary N) is 2. The monoisotopic (exact) mass is 315 g/mol. The van der Waals surface area contributed by atoms with Gasteiger partial charge in [-0.1, -0.05) is 12.8 Å². The van der Waals surface area contributed by atoms with E-state index < -0.39 is 6.04 Å². The van der Waals surface area contributed by atoms with E-state index in [1.54, 1.807) is 0 Å². The molecule has 0 fully saturated rings. The summed E-state index contributed by atoms with van der Waals surface area (Å²) in [5.41, 5.74) is 16.6. The predicted octanol–water partition coefficient (Wildman–Crippen LogP) is -0.416. The van der Waals surface area contributed by atoms with E-state index in [1.807, 2.05) is 0 Å². The van der Waals surface area contributed by atoms with E-state index >= 15 is 0 Å². The molecule has 7 heteroatoms. The summed E-state index contributed by atoms with van der Waals surface area (Å²) in [6.07, 6.45) is 6.16. The lowest BCUT2D eigenvalue weighted by Crippen LogP contribution is -2.36. The summed E-state index contributed by atoms with van der Waals surface area (Å²) in [6, 6.07) is -0.437. The first kappa shape index (κ1) is 20.8. The molecule has 0 aromatic carbocycles. The van der Waals surface area contributed by atoms with Gasteiger partial charge in [0, 0.05) is 32.0 Å². The van der Waals surface area contributed by atoms with Gasteiger partial charge in [-0.25, -0.2) is 0 Å². The van der Waals surface area contributed by atoms with Crippen molar-refractivity contribution in [1.82, 2.24) is 10.6 Å². The van der Waals surface area contributed by atoms with E-state index in [1.165, 1.54) is 0 Å². The Kier molecular flexibility index (Phi) is 14.0. The molecule has 0 saturated carbocycles. The van der Waals surface area contributed by atoms with Gasteiger partial charge in [-0.2, -0.15) is 0 Å². The Balaban J connectivity index is 3.58. The highest BCUT2D eigenvalue weighted by Crippen LogP contribution is 1.97. The molecule has 0 aliphatic carbocycles. The van der Waals surface area contributed by atoms with Crippen molar-refractivity contribution in [2.24, 2.45) is 17.2 Å². The van der Waals surface area contributed by atoms with Crippen molar-refractivity contribution >= 4 is 11.8 Å². The molecule has 0 saturated heterocycles. The van der Waals surface area contributed by atoms with Crippen LogP contribution >= 0.6 is 0 Å². The standard InChI is InChI=1S/C15H33N5O2/c16-7-3-1-5-9-19-14(21)11-13(18)12-15(22)20-10-6-2-4-8-17/h13H,1-12,16-18H2,(H,19,21)(H,20,22). The summed E-state index contributed by atoms with van der Waals surface area (Å²) in [4.78, 5) is 23.3. The van der Waals surface area contributed by atoms with Crippen LogP contribution in [0.1, 0.15) is 51.4 Å². The maximum absolute atomic E-state index is 11.6. The molecule has 0 heterocycles. The van der Waals surface area contributed by atoms with Gasteiger partial charge >= 0.3 is 0 Å². The highest BCUT2D eigenvalue weighted by Gasteiger charge is 2.13. The molecular weight excluding hydrogens is 282 g/mol. The van der Waals surface area contributed by atoms with E-state index in [2.05, 4.69) is 10.6 Å². The van der Waals surface area contributed by atoms with Crippen LogP contribution in [-0.2, 0) is 9.59 Å². The second-order valence-corrected chi connectivity index (χ2v) is 5.57. The normalized spacial score (nSPS) is 10.7. The van der Waals surface area contributed by atoms with E-state index in [-0.39, 0.29) is 24.7 Å². The van der Waals surface area contributed by atoms with Crippen molar-refractivity contribution in [2.75, 3.05) is 26.2 Å². The molecule has 0 aliphatic rings. The van der Waals surface area contributed by atoms with Gasteiger partial charge in [-0.15, -0.1) is 0 Å². The first-order valence-corrected chi connectivity index (χ1v) is 8.29. The van der Waals surface area contributed by atoms with Crippen LogP contribution in [-0.4, -0.2) is 44.0 Å². The fraction of sp³-hybridized carbons (Fsp3) is 0.867. The summed E-state index contributed by atoms with van der Waals surface area (Å²) in [5.74, 6) is -0.202. The van der Waals surface area contributed by atoms with Gasteiger partial charge in [-0.3, -0.25) is 9.59 Å². The minimum absolute atomic E-state index is 0.101. The fourth-order valence-corrected chi connectivity index (χ4v) is 2.04. The molecule has 0 aliphatic heterocycles. The number of amides is 2. The minimum Gasteiger partial charge on any atom is -0.356 e. The lowest BCUT2D eigenvalue weighted by molar-refractivity contribution is -0.122. The molecule has 130 valence electrons. The van der Waals surface area contributed by atoms with Crippen molar-refractivity contribution in [2.45, 2.75) is 57.4 Å². The smallest absolute Gasteiger partial charge is 0.221 e. The molecule has 0 rings (SSSR count). The number of hydrogen-bond donors (Lipinski definition) is 5. The number of carbonyl (C=O) groups excluding carboxylic acids is 2. The Morgan fingerprint density at radius 1 is 0.727 bits per heavy atom. The number of nitrogens with two attached hydrogens (primary N) is 3. The van der Waals surface area contributed by atoms with Gasteiger partial charge in [0.15, 0.2) is 0 Å². The van der Waals surface area contributed by atoms with Crippen molar-refractivity contribution in [3.05, 3.63) is 0 Å². The largest absolute Gasteiger partial charge is 0.356 e. The summed E-state index contributed by atoms with van der Waals surface area (Å²) in [7, 11) is 0. The molecule has 2 amide bonds. The molecule has 8 N–H and O–H groups in total. The van der Waals surface area contributed by atoms with Crippen molar-refractivity contribution in [1.29, 1.82) is 0 Å². The molecule has 0 radical (unpaired) electrons. The van der Waals surface area contributed by atoms with Crippen LogP contribution in [0, 0.1) is 0 Å². The van der Waals surface area contributed by atoms with E-state index in [0.29, 0.717) is 26.2 Å². The third-order valence-electron chi connectivity index (χ3n) is 3.30. The van der Waals surface area contributed by atoms with Gasteiger partial charge in [0.25, 0.3) is 0 Å². The maximum Gasteiger partial charge on any atom is 0.221 e. The third kappa shape index (κ3) is 13.8. The Bertz CT molecular complexity index is 272. The first-order chi connectivity index (χ1) is 10.6. The molecule has 0 aromatic heterocycles. The van der Waals surface area contributed by atoms with Gasteiger partial charge in [-0.05, 0) is 38.8 Å². The first-order valence-electron chi connectivity index (χ1n) is 8.29. The van der Waals surface area contributed by atoms with Crippen LogP contribution in [0.2, 0.25) is 0 Å². The Morgan fingerprint density at radius 2 is 1.14 bits per heavy atom. The molecule has 0 bridgehead atoms. The van der Waals surface area contributed by atoms with Crippen LogP contribution < -0.4 is 27.8 Å². The van der Waals surface area contributed by atoms with Gasteiger partial charge < -0.3 is 27.8 Å². The zero-order chi connectivity index (χ0) is 16.6. The Morgan fingerprint density at radius 3 is 1.50 bits per heavy atom. The highest BCUT2D eigenvalue weighted by molar-refractivity contribution is 5.80. The number of unbranched alkanes of at least 4 members (excludes halogenated alkanes) is 4. The Hall–Kier alpha value is -1.18. The second-order valence-electron chi connectivity index (χ2n) is 5.57. The summed E-state index contributed by atoms with van der Waals surface area (Å²) < 4.78 is 0. The second kappa shape index (κ2) is 14.7. The van der Waals surface area contributed by atoms with Crippen LogP contribution in [0.25, 0.3) is 0 Å². The molecular formula is C15H33N5O2. The lowest BCUT2D eigenvalue weighted by Gasteiger charge is -2.12. The van der Waals surface area contributed by atoms with Crippen LogP contribution in [0.5, 0.6) is 0 Å². The highest BCUT2D eigenvalue weighted by atomic mass is 16.2. The minimum atomic E-state index is -0.437.